The van der Waals surface area contributed by atoms with Gasteiger partial charge in [-0.1, -0.05) is 18.2 Å². The van der Waals surface area contributed by atoms with E-state index in [1.54, 1.807) is 20.8 Å². The van der Waals surface area contributed by atoms with Crippen LogP contribution in [0.4, 0.5) is 0 Å². The zero-order valence-corrected chi connectivity index (χ0v) is 17.9. The van der Waals surface area contributed by atoms with Gasteiger partial charge >= 0.3 is 0 Å². The molecule has 0 saturated heterocycles. The van der Waals surface area contributed by atoms with E-state index in [-0.39, 0.29) is 17.6 Å². The molecule has 0 N–H and O–H groups in total. The summed E-state index contributed by atoms with van der Waals surface area (Å²) in [6.07, 6.45) is 8.70. The highest BCUT2D eigenvalue weighted by Crippen LogP contribution is 2.33. The van der Waals surface area contributed by atoms with E-state index in [9.17, 15) is 13.2 Å². The number of ketones is 1. The topological polar surface area (TPSA) is 51.2 Å². The third-order valence-electron chi connectivity index (χ3n) is 6.55. The molecule has 0 radical (unpaired) electrons. The van der Waals surface area contributed by atoms with Crippen LogP contribution in [0.25, 0.3) is 0 Å². The summed E-state index contributed by atoms with van der Waals surface area (Å²) >= 11 is 0. The molecule has 3 rings (SSSR count). The number of carbonyl (C=O) groups excluding carboxylic acids is 1. The predicted octanol–water partition coefficient (Wildman–Crippen LogP) is 4.70. The summed E-state index contributed by atoms with van der Waals surface area (Å²) in [6, 6.07) is 6.44. The number of fused-ring (bicyclic) bond motifs is 1. The molecule has 0 heterocycles. The van der Waals surface area contributed by atoms with Crippen LogP contribution < -0.4 is 0 Å². The highest BCUT2D eigenvalue weighted by atomic mass is 32.2. The third kappa shape index (κ3) is 4.82. The fraction of sp³-hybridized carbons (Fsp3) is 0.696. The van der Waals surface area contributed by atoms with Crippen molar-refractivity contribution in [3.63, 3.8) is 0 Å². The molecule has 0 aromatic heterocycles. The number of sulfone groups is 1. The van der Waals surface area contributed by atoms with Crippen molar-refractivity contribution in [3.05, 3.63) is 34.9 Å². The third-order valence-corrected chi connectivity index (χ3v) is 9.32. The summed E-state index contributed by atoms with van der Waals surface area (Å²) in [5.41, 5.74) is 4.08. The summed E-state index contributed by atoms with van der Waals surface area (Å²) in [5.74, 6) is 0.941. The van der Waals surface area contributed by atoms with Crippen LogP contribution in [0.2, 0.25) is 0 Å². The van der Waals surface area contributed by atoms with Crippen molar-refractivity contribution in [3.8, 4) is 0 Å². The van der Waals surface area contributed by atoms with Gasteiger partial charge in [-0.05, 0) is 94.7 Å². The summed E-state index contributed by atoms with van der Waals surface area (Å²) in [6.45, 7) is 5.33. The number of hydrogen-bond acceptors (Lipinski definition) is 3. The highest BCUT2D eigenvalue weighted by molar-refractivity contribution is 7.92. The lowest BCUT2D eigenvalue weighted by Gasteiger charge is -2.30. The van der Waals surface area contributed by atoms with Crippen LogP contribution in [-0.2, 0) is 33.9 Å². The van der Waals surface area contributed by atoms with Gasteiger partial charge in [0.15, 0.2) is 9.84 Å². The maximum Gasteiger partial charge on any atom is 0.155 e. The Labute approximate surface area is 164 Å². The minimum absolute atomic E-state index is 0.109. The molecule has 27 heavy (non-hydrogen) atoms. The Morgan fingerprint density at radius 2 is 1.70 bits per heavy atom. The summed E-state index contributed by atoms with van der Waals surface area (Å²) in [4.78, 5) is 12.9. The van der Waals surface area contributed by atoms with E-state index in [0.29, 0.717) is 12.2 Å². The zero-order chi connectivity index (χ0) is 19.7. The van der Waals surface area contributed by atoms with Crippen molar-refractivity contribution < 1.29 is 13.2 Å². The first-order chi connectivity index (χ1) is 12.7. The standard InChI is InChI=1S/C23H34O3S/c1-23(2,3)27(25,26)16-17-11-13-19(14-12-17)22(24)15-20-9-6-8-18-7-4-5-10-21(18)20/h6,8-9,17,19H,4-5,7,10-16H2,1-3H3. The maximum atomic E-state index is 12.9. The predicted molar refractivity (Wildman–Crippen MR) is 111 cm³/mol. The Kier molecular flexibility index (Phi) is 6.14. The van der Waals surface area contributed by atoms with E-state index in [1.165, 1.54) is 29.5 Å². The molecule has 150 valence electrons. The maximum absolute atomic E-state index is 12.9. The SMILES string of the molecule is CC(C)(C)S(=O)(=O)CC1CCC(C(=O)Cc2cccc3c2CCCC3)CC1. The van der Waals surface area contributed by atoms with Gasteiger partial charge in [0.1, 0.15) is 5.78 Å². The number of hydrogen-bond donors (Lipinski definition) is 0. The van der Waals surface area contributed by atoms with Crippen molar-refractivity contribution in [2.75, 3.05) is 5.75 Å². The molecule has 0 aliphatic heterocycles. The number of rotatable bonds is 5. The van der Waals surface area contributed by atoms with Crippen LogP contribution >= 0.6 is 0 Å². The van der Waals surface area contributed by atoms with E-state index in [2.05, 4.69) is 18.2 Å². The molecule has 4 heteroatoms. The van der Waals surface area contributed by atoms with Gasteiger partial charge in [0, 0.05) is 12.3 Å². The highest BCUT2D eigenvalue weighted by Gasteiger charge is 2.34. The molecule has 1 fully saturated rings. The largest absolute Gasteiger partial charge is 0.299 e. The van der Waals surface area contributed by atoms with Crippen molar-refractivity contribution >= 4 is 15.6 Å². The normalized spacial score (nSPS) is 23.7. The van der Waals surface area contributed by atoms with E-state index < -0.39 is 14.6 Å². The summed E-state index contributed by atoms with van der Waals surface area (Å²) in [5, 5.41) is 0. The molecule has 1 aromatic carbocycles. The number of benzene rings is 1. The van der Waals surface area contributed by atoms with Crippen LogP contribution in [0.5, 0.6) is 0 Å². The van der Waals surface area contributed by atoms with Crippen molar-refractivity contribution in [1.82, 2.24) is 0 Å². The van der Waals surface area contributed by atoms with Crippen LogP contribution in [0.1, 0.15) is 76.0 Å². The van der Waals surface area contributed by atoms with Crippen LogP contribution in [0, 0.1) is 11.8 Å². The molecule has 0 amide bonds. The average molecular weight is 391 g/mol. The summed E-state index contributed by atoms with van der Waals surface area (Å²) < 4.78 is 24.2. The Morgan fingerprint density at radius 1 is 1.04 bits per heavy atom. The van der Waals surface area contributed by atoms with Crippen molar-refractivity contribution in [2.24, 2.45) is 11.8 Å². The molecule has 3 nitrogen and oxygen atoms in total. The fourth-order valence-corrected chi connectivity index (χ4v) is 6.02. The van der Waals surface area contributed by atoms with E-state index in [4.69, 9.17) is 0 Å². The fourth-order valence-electron chi connectivity index (χ4n) is 4.57. The van der Waals surface area contributed by atoms with Gasteiger partial charge in [-0.25, -0.2) is 8.42 Å². The molecule has 2 aliphatic rings. The second-order valence-electron chi connectivity index (χ2n) is 9.52. The van der Waals surface area contributed by atoms with Gasteiger partial charge < -0.3 is 0 Å². The molecule has 1 aromatic rings. The lowest BCUT2D eigenvalue weighted by Crippen LogP contribution is -2.35. The lowest BCUT2D eigenvalue weighted by molar-refractivity contribution is -0.123. The van der Waals surface area contributed by atoms with E-state index in [0.717, 1.165) is 38.5 Å². The van der Waals surface area contributed by atoms with Gasteiger partial charge in [0.2, 0.25) is 0 Å². The first-order valence-electron chi connectivity index (χ1n) is 10.5. The Bertz CT molecular complexity index is 778. The Hall–Kier alpha value is -1.16. The number of Topliss-reactive ketones (excluding diaryl/α,β-unsaturated/α-hetero) is 1. The van der Waals surface area contributed by atoms with Crippen LogP contribution in [0.3, 0.4) is 0 Å². The zero-order valence-electron chi connectivity index (χ0n) is 17.1. The second-order valence-corrected chi connectivity index (χ2v) is 12.3. The smallest absolute Gasteiger partial charge is 0.155 e. The van der Waals surface area contributed by atoms with Crippen LogP contribution in [0.15, 0.2) is 18.2 Å². The monoisotopic (exact) mass is 390 g/mol. The summed E-state index contributed by atoms with van der Waals surface area (Å²) in [7, 11) is -3.08. The van der Waals surface area contributed by atoms with Gasteiger partial charge in [0.25, 0.3) is 0 Å². The molecule has 2 aliphatic carbocycles. The first kappa shape index (κ1) is 20.6. The van der Waals surface area contributed by atoms with E-state index in [1.807, 2.05) is 0 Å². The van der Waals surface area contributed by atoms with Gasteiger partial charge in [-0.3, -0.25) is 4.79 Å². The first-order valence-corrected chi connectivity index (χ1v) is 12.2. The van der Waals surface area contributed by atoms with E-state index >= 15 is 0 Å². The Balaban J connectivity index is 1.57. The van der Waals surface area contributed by atoms with Crippen molar-refractivity contribution in [1.29, 1.82) is 0 Å². The van der Waals surface area contributed by atoms with Crippen molar-refractivity contribution in [2.45, 2.75) is 83.3 Å². The van der Waals surface area contributed by atoms with Gasteiger partial charge in [0.05, 0.1) is 10.5 Å². The molecular formula is C23H34O3S. The quantitative estimate of drug-likeness (QED) is 0.732. The van der Waals surface area contributed by atoms with Gasteiger partial charge in [-0.15, -0.1) is 0 Å². The Morgan fingerprint density at radius 3 is 2.37 bits per heavy atom. The van der Waals surface area contributed by atoms with Crippen LogP contribution in [-0.4, -0.2) is 24.7 Å². The minimum atomic E-state index is -3.08. The number of aryl methyl sites for hydroxylation is 1. The molecule has 0 bridgehead atoms. The molecule has 0 unspecified atom stereocenters. The second kappa shape index (κ2) is 8.06. The molecule has 0 atom stereocenters. The molecule has 1 saturated carbocycles. The number of carbonyl (C=O) groups is 1. The van der Waals surface area contributed by atoms with Gasteiger partial charge in [-0.2, -0.15) is 0 Å². The minimum Gasteiger partial charge on any atom is -0.299 e. The lowest BCUT2D eigenvalue weighted by atomic mass is 9.78. The molecule has 0 spiro atoms. The average Bonchev–Trinajstić information content (AvgIpc) is 2.61. The molecular weight excluding hydrogens is 356 g/mol.